The maximum atomic E-state index is 11.7. The number of methoxy groups -OCH3 is 1. The van der Waals surface area contributed by atoms with Gasteiger partial charge in [0.15, 0.2) is 5.82 Å². The zero-order valence-electron chi connectivity index (χ0n) is 12.8. The second-order valence-corrected chi connectivity index (χ2v) is 6.57. The van der Waals surface area contributed by atoms with E-state index in [0.29, 0.717) is 24.8 Å². The van der Waals surface area contributed by atoms with E-state index in [2.05, 4.69) is 22.0 Å². The van der Waals surface area contributed by atoms with Crippen molar-refractivity contribution < 1.29 is 14.1 Å². The first-order valence-electron chi connectivity index (χ1n) is 6.94. The van der Waals surface area contributed by atoms with Crippen LogP contribution in [0, 0.1) is 11.8 Å². The largest absolute Gasteiger partial charge is 0.469 e. The Morgan fingerprint density at radius 1 is 1.45 bits per heavy atom. The fraction of sp³-hybridized carbons (Fsp3) is 0.786. The summed E-state index contributed by atoms with van der Waals surface area (Å²) < 4.78 is 10.1. The first-order chi connectivity index (χ1) is 9.31. The Bertz CT molecular complexity index is 478. The Hall–Kier alpha value is -1.43. The summed E-state index contributed by atoms with van der Waals surface area (Å²) in [5, 5.41) is 4.02. The van der Waals surface area contributed by atoms with Crippen molar-refractivity contribution in [1.82, 2.24) is 15.0 Å². The van der Waals surface area contributed by atoms with Gasteiger partial charge in [-0.1, -0.05) is 32.9 Å². The second kappa shape index (κ2) is 5.52. The van der Waals surface area contributed by atoms with Gasteiger partial charge in [0.05, 0.1) is 19.6 Å². The van der Waals surface area contributed by atoms with Crippen molar-refractivity contribution in [2.45, 2.75) is 39.7 Å². The molecular weight excluding hydrogens is 258 g/mol. The molecule has 0 radical (unpaired) electrons. The van der Waals surface area contributed by atoms with E-state index >= 15 is 0 Å². The predicted octanol–water partition coefficient (Wildman–Crippen LogP) is 1.61. The molecule has 6 heteroatoms. The molecular formula is C14H23N3O3. The number of esters is 1. The van der Waals surface area contributed by atoms with Gasteiger partial charge >= 0.3 is 5.97 Å². The minimum Gasteiger partial charge on any atom is -0.469 e. The molecule has 0 aliphatic carbocycles. The quantitative estimate of drug-likeness (QED) is 0.784. The van der Waals surface area contributed by atoms with E-state index in [-0.39, 0.29) is 23.2 Å². The molecule has 0 aromatic carbocycles. The van der Waals surface area contributed by atoms with E-state index < -0.39 is 0 Å². The third kappa shape index (κ3) is 3.17. The fourth-order valence-corrected chi connectivity index (χ4v) is 2.48. The number of likely N-dealkylation sites (tertiary alicyclic amines) is 1. The Labute approximate surface area is 119 Å². The number of carbonyl (C=O) groups is 1. The summed E-state index contributed by atoms with van der Waals surface area (Å²) in [5.41, 5.74) is -0.141. The van der Waals surface area contributed by atoms with E-state index in [1.165, 1.54) is 7.11 Å². The normalized spacial score (nSPS) is 24.1. The van der Waals surface area contributed by atoms with Gasteiger partial charge < -0.3 is 9.26 Å². The lowest BCUT2D eigenvalue weighted by Crippen LogP contribution is -2.24. The van der Waals surface area contributed by atoms with Gasteiger partial charge in [-0.15, -0.1) is 0 Å². The average Bonchev–Trinajstić information content (AvgIpc) is 2.95. The SMILES string of the molecule is COC(=O)C1CN(Cc2noc(C(C)(C)C)n2)CC1C. The van der Waals surface area contributed by atoms with Crippen molar-refractivity contribution in [2.75, 3.05) is 20.2 Å². The monoisotopic (exact) mass is 281 g/mol. The van der Waals surface area contributed by atoms with Crippen molar-refractivity contribution in [2.24, 2.45) is 11.8 Å². The Kier molecular flexibility index (Phi) is 4.13. The van der Waals surface area contributed by atoms with E-state index in [1.54, 1.807) is 0 Å². The molecule has 6 nitrogen and oxygen atoms in total. The number of carbonyl (C=O) groups excluding carboxylic acids is 1. The van der Waals surface area contributed by atoms with Gasteiger partial charge in [0.1, 0.15) is 0 Å². The highest BCUT2D eigenvalue weighted by Gasteiger charge is 2.36. The van der Waals surface area contributed by atoms with Crippen LogP contribution in [0.2, 0.25) is 0 Å². The molecule has 1 aromatic heterocycles. The van der Waals surface area contributed by atoms with Crippen LogP contribution in [0.4, 0.5) is 0 Å². The fourth-order valence-electron chi connectivity index (χ4n) is 2.48. The Balaban J connectivity index is 1.98. The lowest BCUT2D eigenvalue weighted by Gasteiger charge is -2.13. The highest BCUT2D eigenvalue weighted by atomic mass is 16.5. The third-order valence-electron chi connectivity index (χ3n) is 3.67. The molecule has 2 heterocycles. The number of nitrogens with zero attached hydrogens (tertiary/aromatic N) is 3. The lowest BCUT2D eigenvalue weighted by atomic mass is 9.97. The molecule has 2 atom stereocenters. The summed E-state index contributed by atoms with van der Waals surface area (Å²) in [6, 6.07) is 0. The van der Waals surface area contributed by atoms with Crippen LogP contribution in [0.15, 0.2) is 4.52 Å². The highest BCUT2D eigenvalue weighted by Crippen LogP contribution is 2.26. The number of rotatable bonds is 3. The third-order valence-corrected chi connectivity index (χ3v) is 3.67. The molecule has 0 bridgehead atoms. The summed E-state index contributed by atoms with van der Waals surface area (Å²) >= 11 is 0. The molecule has 0 amide bonds. The van der Waals surface area contributed by atoms with Crippen LogP contribution in [-0.4, -0.2) is 41.2 Å². The first-order valence-corrected chi connectivity index (χ1v) is 6.94. The summed E-state index contributed by atoms with van der Waals surface area (Å²) in [6.45, 7) is 10.3. The molecule has 0 saturated carbocycles. The van der Waals surface area contributed by atoms with Crippen LogP contribution >= 0.6 is 0 Å². The molecule has 1 saturated heterocycles. The molecule has 1 fully saturated rings. The van der Waals surface area contributed by atoms with E-state index in [4.69, 9.17) is 9.26 Å². The smallest absolute Gasteiger partial charge is 0.310 e. The van der Waals surface area contributed by atoms with Crippen LogP contribution in [0.5, 0.6) is 0 Å². The molecule has 112 valence electrons. The highest BCUT2D eigenvalue weighted by molar-refractivity contribution is 5.73. The Morgan fingerprint density at radius 3 is 2.70 bits per heavy atom. The number of hydrogen-bond donors (Lipinski definition) is 0. The van der Waals surface area contributed by atoms with Gasteiger partial charge in [0, 0.05) is 18.5 Å². The van der Waals surface area contributed by atoms with Gasteiger partial charge in [0.2, 0.25) is 5.89 Å². The summed E-state index contributed by atoms with van der Waals surface area (Å²) in [5.74, 6) is 1.41. The van der Waals surface area contributed by atoms with Crippen molar-refractivity contribution in [3.05, 3.63) is 11.7 Å². The zero-order chi connectivity index (χ0) is 14.9. The van der Waals surface area contributed by atoms with E-state index in [9.17, 15) is 4.79 Å². The van der Waals surface area contributed by atoms with Crippen LogP contribution < -0.4 is 0 Å². The lowest BCUT2D eigenvalue weighted by molar-refractivity contribution is -0.146. The van der Waals surface area contributed by atoms with Gasteiger partial charge in [-0.2, -0.15) is 4.98 Å². The number of aromatic nitrogens is 2. The summed E-state index contributed by atoms with van der Waals surface area (Å²) in [4.78, 5) is 18.3. The molecule has 1 aliphatic rings. The van der Waals surface area contributed by atoms with E-state index in [0.717, 1.165) is 6.54 Å². The maximum absolute atomic E-state index is 11.7. The van der Waals surface area contributed by atoms with Crippen LogP contribution in [0.1, 0.15) is 39.4 Å². The standard InChI is InChI=1S/C14H23N3O3/c1-9-6-17(7-10(9)12(18)19-5)8-11-15-13(20-16-11)14(2,3)4/h9-10H,6-8H2,1-5H3. The number of hydrogen-bond acceptors (Lipinski definition) is 6. The maximum Gasteiger partial charge on any atom is 0.310 e. The first kappa shape index (κ1) is 15.0. The van der Waals surface area contributed by atoms with Gasteiger partial charge in [0.25, 0.3) is 0 Å². The molecule has 1 aliphatic heterocycles. The molecule has 1 aromatic rings. The zero-order valence-corrected chi connectivity index (χ0v) is 12.8. The van der Waals surface area contributed by atoms with Crippen LogP contribution in [0.25, 0.3) is 0 Å². The van der Waals surface area contributed by atoms with Gasteiger partial charge in [-0.3, -0.25) is 9.69 Å². The number of ether oxygens (including phenoxy) is 1. The molecule has 20 heavy (non-hydrogen) atoms. The minimum absolute atomic E-state index is 0.0611. The molecule has 2 unspecified atom stereocenters. The van der Waals surface area contributed by atoms with Crippen molar-refractivity contribution >= 4 is 5.97 Å². The summed E-state index contributed by atoms with van der Waals surface area (Å²) in [6.07, 6.45) is 0. The van der Waals surface area contributed by atoms with Crippen molar-refractivity contribution in [1.29, 1.82) is 0 Å². The van der Waals surface area contributed by atoms with Crippen LogP contribution in [-0.2, 0) is 21.5 Å². The predicted molar refractivity (Wildman–Crippen MR) is 72.9 cm³/mol. The minimum atomic E-state index is -0.141. The topological polar surface area (TPSA) is 68.5 Å². The summed E-state index contributed by atoms with van der Waals surface area (Å²) in [7, 11) is 1.44. The average molecular weight is 281 g/mol. The molecule has 0 spiro atoms. The molecule has 0 N–H and O–H groups in total. The van der Waals surface area contributed by atoms with Gasteiger partial charge in [-0.05, 0) is 5.92 Å². The Morgan fingerprint density at radius 2 is 2.15 bits per heavy atom. The van der Waals surface area contributed by atoms with Gasteiger partial charge in [-0.25, -0.2) is 0 Å². The second-order valence-electron chi connectivity index (χ2n) is 6.57. The van der Waals surface area contributed by atoms with Crippen LogP contribution in [0.3, 0.4) is 0 Å². The van der Waals surface area contributed by atoms with Crippen molar-refractivity contribution in [3.8, 4) is 0 Å². The van der Waals surface area contributed by atoms with E-state index in [1.807, 2.05) is 20.8 Å². The van der Waals surface area contributed by atoms with Crippen molar-refractivity contribution in [3.63, 3.8) is 0 Å². The molecule has 2 rings (SSSR count).